The van der Waals surface area contributed by atoms with Crippen LogP contribution in [0.2, 0.25) is 0 Å². The monoisotopic (exact) mass is 321 g/mol. The van der Waals surface area contributed by atoms with Crippen LogP contribution in [-0.2, 0) is 0 Å². The molecule has 3 heterocycles. The number of aromatic nitrogens is 8. The Morgan fingerprint density at radius 2 is 2.19 bits per heavy atom. The number of hydrogen-bond donors (Lipinski definition) is 1. The minimum atomic E-state index is 0.405. The first kappa shape index (κ1) is 13.8. The zero-order valence-electron chi connectivity index (χ0n) is 11.3. The first-order valence-corrected chi connectivity index (χ1v) is 7.71. The number of nitrogens with one attached hydrogen (secondary N) is 1. The molecule has 0 spiro atoms. The molecule has 0 fully saturated rings. The van der Waals surface area contributed by atoms with E-state index in [4.69, 9.17) is 0 Å². The van der Waals surface area contributed by atoms with Crippen molar-refractivity contribution in [2.45, 2.75) is 23.3 Å². The number of anilines is 1. The molecule has 21 heavy (non-hydrogen) atoms. The van der Waals surface area contributed by atoms with Gasteiger partial charge in [-0.2, -0.15) is 24.7 Å². The smallest absolute Gasteiger partial charge is 0.257 e. The molecule has 0 atom stereocenters. The van der Waals surface area contributed by atoms with Gasteiger partial charge in [-0.25, -0.2) is 4.98 Å². The van der Waals surface area contributed by atoms with Gasteiger partial charge < -0.3 is 5.32 Å². The fraction of sp³-hybridized carbons (Fsp3) is 0.300. The minimum absolute atomic E-state index is 0.405. The molecule has 0 amide bonds. The molecule has 1 N–H and O–H groups in total. The van der Waals surface area contributed by atoms with Gasteiger partial charge >= 0.3 is 0 Å². The molecule has 0 aliphatic rings. The van der Waals surface area contributed by atoms with Gasteiger partial charge in [-0.1, -0.05) is 11.3 Å². The van der Waals surface area contributed by atoms with E-state index < -0.39 is 0 Å². The van der Waals surface area contributed by atoms with Gasteiger partial charge in [-0.3, -0.25) is 0 Å². The standard InChI is InChI=1S/C10H11N9S2/c1-3-12-7-14-8(19-5-11-4-13-19)16-9(15-7)21-10-18-17-6(2)20-10/h4-5H,3H2,1-2H3,(H,12,14,15,16). The number of aryl methyl sites for hydroxylation is 1. The van der Waals surface area contributed by atoms with Gasteiger partial charge in [-0.05, 0) is 25.6 Å². The Hall–Kier alpha value is -2.14. The SMILES string of the molecule is CCNc1nc(Sc2nnc(C)s2)nc(-n2cncn2)n1. The molecule has 11 heteroatoms. The Bertz CT molecular complexity index is 724. The van der Waals surface area contributed by atoms with Gasteiger partial charge in [0.25, 0.3) is 5.95 Å². The van der Waals surface area contributed by atoms with E-state index in [0.29, 0.717) is 23.6 Å². The van der Waals surface area contributed by atoms with E-state index >= 15 is 0 Å². The van der Waals surface area contributed by atoms with Gasteiger partial charge in [0.1, 0.15) is 17.7 Å². The van der Waals surface area contributed by atoms with Crippen molar-refractivity contribution in [2.24, 2.45) is 0 Å². The summed E-state index contributed by atoms with van der Waals surface area (Å²) in [4.78, 5) is 16.9. The van der Waals surface area contributed by atoms with Crippen LogP contribution in [0.4, 0.5) is 5.95 Å². The number of hydrogen-bond acceptors (Lipinski definition) is 10. The second-order valence-corrected chi connectivity index (χ2v) is 6.20. The summed E-state index contributed by atoms with van der Waals surface area (Å²) >= 11 is 2.83. The van der Waals surface area contributed by atoms with E-state index in [-0.39, 0.29) is 0 Å². The second kappa shape index (κ2) is 6.10. The molecule has 0 aliphatic carbocycles. The fourth-order valence-corrected chi connectivity index (χ4v) is 3.11. The largest absolute Gasteiger partial charge is 0.354 e. The van der Waals surface area contributed by atoms with Crippen molar-refractivity contribution in [3.63, 3.8) is 0 Å². The first-order chi connectivity index (χ1) is 10.2. The van der Waals surface area contributed by atoms with Gasteiger partial charge in [0.2, 0.25) is 11.1 Å². The summed E-state index contributed by atoms with van der Waals surface area (Å²) < 4.78 is 2.27. The van der Waals surface area contributed by atoms with Crippen LogP contribution in [0.25, 0.3) is 5.95 Å². The van der Waals surface area contributed by atoms with Crippen molar-refractivity contribution in [1.29, 1.82) is 0 Å². The topological polar surface area (TPSA) is 107 Å². The number of rotatable bonds is 5. The lowest BCUT2D eigenvalue weighted by Gasteiger charge is -2.05. The zero-order valence-corrected chi connectivity index (χ0v) is 12.9. The van der Waals surface area contributed by atoms with Gasteiger partial charge in [-0.15, -0.1) is 10.2 Å². The predicted molar refractivity (Wildman–Crippen MR) is 77.7 cm³/mol. The summed E-state index contributed by atoms with van der Waals surface area (Å²) in [5, 5.41) is 16.6. The van der Waals surface area contributed by atoms with Crippen molar-refractivity contribution in [1.82, 2.24) is 39.9 Å². The van der Waals surface area contributed by atoms with Gasteiger partial charge in [0.05, 0.1) is 0 Å². The molecule has 9 nitrogen and oxygen atoms in total. The molecule has 0 bridgehead atoms. The highest BCUT2D eigenvalue weighted by molar-refractivity contribution is 8.00. The van der Waals surface area contributed by atoms with Crippen molar-refractivity contribution >= 4 is 29.0 Å². The summed E-state index contributed by atoms with van der Waals surface area (Å²) in [5.74, 6) is 0.893. The lowest BCUT2D eigenvalue weighted by Crippen LogP contribution is -2.09. The lowest BCUT2D eigenvalue weighted by atomic mass is 10.7. The third-order valence-corrected chi connectivity index (χ3v) is 4.00. The Morgan fingerprint density at radius 3 is 2.86 bits per heavy atom. The Balaban J connectivity index is 1.95. The summed E-state index contributed by atoms with van der Waals surface area (Å²) in [7, 11) is 0. The number of nitrogens with zero attached hydrogens (tertiary/aromatic N) is 8. The van der Waals surface area contributed by atoms with Crippen molar-refractivity contribution < 1.29 is 0 Å². The molecule has 0 aliphatic heterocycles. The average molecular weight is 321 g/mol. The Labute approximate surface area is 128 Å². The first-order valence-electron chi connectivity index (χ1n) is 6.07. The molecule has 0 saturated carbocycles. The van der Waals surface area contributed by atoms with E-state index in [9.17, 15) is 0 Å². The van der Waals surface area contributed by atoms with Crippen LogP contribution in [0, 0.1) is 6.92 Å². The maximum Gasteiger partial charge on any atom is 0.257 e. The van der Waals surface area contributed by atoms with Crippen molar-refractivity contribution in [2.75, 3.05) is 11.9 Å². The minimum Gasteiger partial charge on any atom is -0.354 e. The van der Waals surface area contributed by atoms with Gasteiger partial charge in [0.15, 0.2) is 4.34 Å². The molecule has 3 aromatic rings. The van der Waals surface area contributed by atoms with E-state index in [1.807, 2.05) is 13.8 Å². The summed E-state index contributed by atoms with van der Waals surface area (Å²) in [5.41, 5.74) is 0. The molecule has 3 rings (SSSR count). The van der Waals surface area contributed by atoms with Crippen LogP contribution in [0.5, 0.6) is 0 Å². The highest BCUT2D eigenvalue weighted by atomic mass is 32.2. The molecule has 0 aromatic carbocycles. The highest BCUT2D eigenvalue weighted by Gasteiger charge is 2.12. The third kappa shape index (κ3) is 3.31. The quantitative estimate of drug-likeness (QED) is 0.741. The molecule has 3 aromatic heterocycles. The summed E-state index contributed by atoms with van der Waals surface area (Å²) in [6, 6.07) is 0. The summed E-state index contributed by atoms with van der Waals surface area (Å²) in [6.07, 6.45) is 2.96. The second-order valence-electron chi connectivity index (χ2n) is 3.80. The molecular weight excluding hydrogens is 310 g/mol. The average Bonchev–Trinajstić information content (AvgIpc) is 3.11. The van der Waals surface area contributed by atoms with Crippen LogP contribution in [0.3, 0.4) is 0 Å². The normalized spacial score (nSPS) is 10.8. The lowest BCUT2D eigenvalue weighted by molar-refractivity contribution is 0.758. The van der Waals surface area contributed by atoms with Crippen LogP contribution in [0.15, 0.2) is 22.2 Å². The summed E-state index contributed by atoms with van der Waals surface area (Å²) in [6.45, 7) is 4.59. The maximum atomic E-state index is 4.36. The van der Waals surface area contributed by atoms with Crippen molar-refractivity contribution in [3.8, 4) is 5.95 Å². The fourth-order valence-electron chi connectivity index (χ4n) is 1.44. The van der Waals surface area contributed by atoms with Crippen LogP contribution < -0.4 is 5.32 Å². The Kier molecular flexibility index (Phi) is 4.01. The molecule has 0 saturated heterocycles. The van der Waals surface area contributed by atoms with Crippen LogP contribution >= 0.6 is 23.1 Å². The maximum absolute atomic E-state index is 4.36. The van der Waals surface area contributed by atoms with E-state index in [1.54, 1.807) is 0 Å². The highest BCUT2D eigenvalue weighted by Crippen LogP contribution is 2.28. The van der Waals surface area contributed by atoms with E-state index in [1.165, 1.54) is 40.4 Å². The van der Waals surface area contributed by atoms with E-state index in [0.717, 1.165) is 9.35 Å². The van der Waals surface area contributed by atoms with Crippen molar-refractivity contribution in [3.05, 3.63) is 17.7 Å². The van der Waals surface area contributed by atoms with E-state index in [2.05, 4.69) is 40.5 Å². The molecule has 0 radical (unpaired) electrons. The molecule has 0 unspecified atom stereocenters. The van der Waals surface area contributed by atoms with Gasteiger partial charge in [0, 0.05) is 6.54 Å². The predicted octanol–water partition coefficient (Wildman–Crippen LogP) is 1.20. The molecule has 108 valence electrons. The molecular formula is C10H11N9S2. The zero-order chi connectivity index (χ0) is 14.7. The third-order valence-electron chi connectivity index (χ3n) is 2.25. The van der Waals surface area contributed by atoms with Crippen LogP contribution in [0.1, 0.15) is 11.9 Å². The Morgan fingerprint density at radius 1 is 1.29 bits per heavy atom. The van der Waals surface area contributed by atoms with Crippen LogP contribution in [-0.4, -0.2) is 46.5 Å².